The second-order valence-electron chi connectivity index (χ2n) is 15.2. The molecule has 1 aliphatic carbocycles. The Morgan fingerprint density at radius 3 is 2.17 bits per heavy atom. The molecule has 3 amide bonds. The molecule has 47 heavy (non-hydrogen) atoms. The Labute approximate surface area is 278 Å². The van der Waals surface area contributed by atoms with E-state index in [1.807, 2.05) is 42.5 Å². The van der Waals surface area contributed by atoms with E-state index >= 15 is 0 Å². The fraction of sp³-hybridized carbons (Fsp3) is 0.425. The standard InChI is InChI=1S/C40H47N5O2/c1-26-12-14-33(15-13-26)45-37(25-36(43-45)40(2,3)4)42-39(47)41-32-11-7-8-27(21-32)18-28-22-34-16-17-35(23-28)44(34)38(46)24-29-19-30-9-5-6-10-31(30)20-29/h5-15,21,25,28-29,34-35H,16-20,22-24H2,1-4H3,(H2,41,42,47). The van der Waals surface area contributed by atoms with Crippen molar-refractivity contribution in [2.24, 2.45) is 11.8 Å². The average molecular weight is 630 g/mol. The smallest absolute Gasteiger partial charge is 0.324 e. The summed E-state index contributed by atoms with van der Waals surface area (Å²) in [6, 6.07) is 27.4. The minimum Gasteiger partial charge on any atom is -0.337 e. The second-order valence-corrected chi connectivity index (χ2v) is 15.2. The number of rotatable bonds is 7. The maximum Gasteiger partial charge on any atom is 0.324 e. The summed E-state index contributed by atoms with van der Waals surface area (Å²) in [6.07, 6.45) is 8.06. The zero-order valence-electron chi connectivity index (χ0n) is 28.1. The Morgan fingerprint density at radius 2 is 1.51 bits per heavy atom. The molecule has 244 valence electrons. The Balaban J connectivity index is 0.963. The summed E-state index contributed by atoms with van der Waals surface area (Å²) >= 11 is 0. The number of aromatic nitrogens is 2. The van der Waals surface area contributed by atoms with E-state index in [4.69, 9.17) is 5.10 Å². The number of carbonyl (C=O) groups excluding carboxylic acids is 2. The van der Waals surface area contributed by atoms with Crippen molar-refractivity contribution in [3.8, 4) is 5.69 Å². The molecule has 0 spiro atoms. The Hall–Kier alpha value is -4.39. The van der Waals surface area contributed by atoms with Gasteiger partial charge in [0.15, 0.2) is 0 Å². The lowest BCUT2D eigenvalue weighted by Gasteiger charge is -2.39. The van der Waals surface area contributed by atoms with Gasteiger partial charge in [-0.3, -0.25) is 10.1 Å². The van der Waals surface area contributed by atoms with Crippen LogP contribution in [0.3, 0.4) is 0 Å². The van der Waals surface area contributed by atoms with Crippen molar-refractivity contribution in [2.75, 3.05) is 10.6 Å². The highest BCUT2D eigenvalue weighted by Crippen LogP contribution is 2.41. The van der Waals surface area contributed by atoms with Crippen molar-refractivity contribution >= 4 is 23.4 Å². The summed E-state index contributed by atoms with van der Waals surface area (Å²) in [6.45, 7) is 8.41. The van der Waals surface area contributed by atoms with Crippen LogP contribution in [0, 0.1) is 18.8 Å². The summed E-state index contributed by atoms with van der Waals surface area (Å²) in [4.78, 5) is 29.1. The first-order valence-electron chi connectivity index (χ1n) is 17.3. The highest BCUT2D eigenvalue weighted by Gasteiger charge is 2.43. The van der Waals surface area contributed by atoms with Crippen molar-refractivity contribution in [2.45, 2.75) is 96.6 Å². The van der Waals surface area contributed by atoms with Gasteiger partial charge < -0.3 is 10.2 Å². The number of nitrogens with one attached hydrogen (secondary N) is 2. The van der Waals surface area contributed by atoms with Crippen LogP contribution in [-0.4, -0.2) is 38.7 Å². The quantitative estimate of drug-likeness (QED) is 0.216. The fourth-order valence-corrected chi connectivity index (χ4v) is 8.12. The number of benzene rings is 3. The Kier molecular flexibility index (Phi) is 8.41. The molecule has 2 aliphatic heterocycles. The third-order valence-corrected chi connectivity index (χ3v) is 10.4. The Morgan fingerprint density at radius 1 is 0.830 bits per heavy atom. The van der Waals surface area contributed by atoms with E-state index in [0.29, 0.717) is 42.1 Å². The van der Waals surface area contributed by atoms with E-state index in [0.717, 1.165) is 62.0 Å². The van der Waals surface area contributed by atoms with Crippen molar-refractivity contribution < 1.29 is 9.59 Å². The molecule has 1 aromatic heterocycles. The topological polar surface area (TPSA) is 79.3 Å². The van der Waals surface area contributed by atoms with Gasteiger partial charge in [0, 0.05) is 35.7 Å². The maximum absolute atomic E-state index is 13.5. The van der Waals surface area contributed by atoms with Crippen LogP contribution in [0.25, 0.3) is 5.69 Å². The van der Waals surface area contributed by atoms with Gasteiger partial charge in [-0.15, -0.1) is 0 Å². The molecule has 0 radical (unpaired) electrons. The minimum atomic E-state index is -0.300. The first-order chi connectivity index (χ1) is 22.6. The molecule has 4 aromatic rings. The molecular formula is C40H47N5O2. The SMILES string of the molecule is Cc1ccc(-n2nc(C(C)(C)C)cc2NC(=O)Nc2cccc(CC3CC4CCC(C3)N4C(=O)CC3Cc4ccccc4C3)c2)cc1. The van der Waals surface area contributed by atoms with Crippen LogP contribution in [0.2, 0.25) is 0 Å². The van der Waals surface area contributed by atoms with Gasteiger partial charge in [-0.1, -0.05) is 74.9 Å². The van der Waals surface area contributed by atoms with Crippen molar-refractivity contribution in [3.05, 3.63) is 107 Å². The Bertz CT molecular complexity index is 1730. The number of hydrogen-bond donors (Lipinski definition) is 2. The lowest BCUT2D eigenvalue weighted by molar-refractivity contribution is -0.137. The van der Waals surface area contributed by atoms with Crippen molar-refractivity contribution in [1.29, 1.82) is 0 Å². The summed E-state index contributed by atoms with van der Waals surface area (Å²) < 4.78 is 1.80. The van der Waals surface area contributed by atoms with E-state index in [9.17, 15) is 9.59 Å². The van der Waals surface area contributed by atoms with E-state index in [1.165, 1.54) is 22.3 Å². The number of fused-ring (bicyclic) bond motifs is 3. The third kappa shape index (κ3) is 6.85. The minimum absolute atomic E-state index is 0.164. The van der Waals surface area contributed by atoms with Gasteiger partial charge in [0.25, 0.3) is 0 Å². The predicted octanol–water partition coefficient (Wildman–Crippen LogP) is 8.24. The number of piperidine rings is 1. The average Bonchev–Trinajstić information content (AvgIpc) is 3.71. The highest BCUT2D eigenvalue weighted by molar-refractivity contribution is 5.99. The van der Waals surface area contributed by atoms with Gasteiger partial charge in [0.1, 0.15) is 5.82 Å². The predicted molar refractivity (Wildman–Crippen MR) is 188 cm³/mol. The molecule has 2 unspecified atom stereocenters. The number of amides is 3. The largest absolute Gasteiger partial charge is 0.337 e. The molecule has 7 nitrogen and oxygen atoms in total. The van der Waals surface area contributed by atoms with Crippen LogP contribution in [0.4, 0.5) is 16.3 Å². The third-order valence-electron chi connectivity index (χ3n) is 10.4. The normalized spacial score (nSPS) is 20.7. The van der Waals surface area contributed by atoms with Crippen molar-refractivity contribution in [1.82, 2.24) is 14.7 Å². The summed E-state index contributed by atoms with van der Waals surface area (Å²) in [7, 11) is 0. The molecule has 2 atom stereocenters. The van der Waals surface area contributed by atoms with Crippen LogP contribution >= 0.6 is 0 Å². The summed E-state index contributed by atoms with van der Waals surface area (Å²) in [5.74, 6) is 1.97. The molecule has 3 heterocycles. The van der Waals surface area contributed by atoms with Crippen molar-refractivity contribution in [3.63, 3.8) is 0 Å². The van der Waals surface area contributed by atoms with Gasteiger partial charge in [-0.05, 0) is 105 Å². The number of nitrogens with zero attached hydrogens (tertiary/aromatic N) is 3. The van der Waals surface area contributed by atoms with Crippen LogP contribution in [0.1, 0.15) is 80.8 Å². The molecule has 3 aliphatic rings. The van der Waals surface area contributed by atoms with Crippen LogP contribution in [0.5, 0.6) is 0 Å². The van der Waals surface area contributed by atoms with Gasteiger partial charge in [-0.25, -0.2) is 9.48 Å². The number of hydrogen-bond acceptors (Lipinski definition) is 3. The zero-order valence-corrected chi connectivity index (χ0v) is 28.1. The molecule has 2 N–H and O–H groups in total. The lowest BCUT2D eigenvalue weighted by atomic mass is 9.85. The lowest BCUT2D eigenvalue weighted by Crippen LogP contribution is -2.47. The first-order valence-corrected chi connectivity index (χ1v) is 17.3. The number of urea groups is 1. The van der Waals surface area contributed by atoms with E-state index in [1.54, 1.807) is 4.68 Å². The van der Waals surface area contributed by atoms with Crippen LogP contribution < -0.4 is 10.6 Å². The molecular weight excluding hydrogens is 582 g/mol. The first kappa shape index (κ1) is 31.2. The highest BCUT2D eigenvalue weighted by atomic mass is 16.2. The fourth-order valence-electron chi connectivity index (χ4n) is 8.12. The van der Waals surface area contributed by atoms with E-state index in [-0.39, 0.29) is 11.4 Å². The van der Waals surface area contributed by atoms with Gasteiger partial charge >= 0.3 is 6.03 Å². The molecule has 0 saturated carbocycles. The van der Waals surface area contributed by atoms with Gasteiger partial charge in [0.05, 0.1) is 11.4 Å². The molecule has 7 heteroatoms. The molecule has 2 bridgehead atoms. The monoisotopic (exact) mass is 629 g/mol. The zero-order chi connectivity index (χ0) is 32.7. The number of aryl methyl sites for hydroxylation is 1. The molecule has 7 rings (SSSR count). The van der Waals surface area contributed by atoms with E-state index < -0.39 is 0 Å². The van der Waals surface area contributed by atoms with Gasteiger partial charge in [-0.2, -0.15) is 5.10 Å². The molecule has 2 fully saturated rings. The number of anilines is 2. The maximum atomic E-state index is 13.5. The molecule has 3 aromatic carbocycles. The van der Waals surface area contributed by atoms with Crippen LogP contribution in [-0.2, 0) is 29.5 Å². The summed E-state index contributed by atoms with van der Waals surface area (Å²) in [5, 5.41) is 10.9. The second kappa shape index (κ2) is 12.7. The van der Waals surface area contributed by atoms with E-state index in [2.05, 4.69) is 79.6 Å². The van der Waals surface area contributed by atoms with Gasteiger partial charge in [0.2, 0.25) is 5.91 Å². The number of carbonyl (C=O) groups is 2. The van der Waals surface area contributed by atoms with Crippen LogP contribution in [0.15, 0.2) is 78.9 Å². The molecule has 2 saturated heterocycles. The summed E-state index contributed by atoms with van der Waals surface area (Å²) in [5.41, 5.74) is 7.63.